The SMILES string of the molecule is Cc1oc(S(=O)(=O)c2ccc(Cl)cc2)c(-c2ccccc2)c1C(=O)c1ccccc1. The molecule has 150 valence electrons. The van der Waals surface area contributed by atoms with Crippen molar-refractivity contribution in [2.45, 2.75) is 16.9 Å². The van der Waals surface area contributed by atoms with Crippen LogP contribution in [0, 0.1) is 6.92 Å². The van der Waals surface area contributed by atoms with Gasteiger partial charge in [0.15, 0.2) is 5.78 Å². The molecule has 30 heavy (non-hydrogen) atoms. The molecule has 6 heteroatoms. The van der Waals surface area contributed by atoms with Crippen LogP contribution in [0.15, 0.2) is 99.3 Å². The number of carbonyl (C=O) groups is 1. The molecule has 3 aromatic carbocycles. The largest absolute Gasteiger partial charge is 0.448 e. The molecule has 0 radical (unpaired) electrons. The highest BCUT2D eigenvalue weighted by Gasteiger charge is 2.33. The lowest BCUT2D eigenvalue weighted by Crippen LogP contribution is -2.06. The fraction of sp³-hybridized carbons (Fsp3) is 0.0417. The van der Waals surface area contributed by atoms with Crippen molar-refractivity contribution < 1.29 is 17.6 Å². The zero-order valence-electron chi connectivity index (χ0n) is 16.0. The second-order valence-electron chi connectivity index (χ2n) is 6.71. The summed E-state index contributed by atoms with van der Waals surface area (Å²) >= 11 is 5.91. The molecule has 0 amide bonds. The molecule has 1 heterocycles. The minimum Gasteiger partial charge on any atom is -0.448 e. The van der Waals surface area contributed by atoms with Crippen LogP contribution in [0.4, 0.5) is 0 Å². The first-order valence-electron chi connectivity index (χ1n) is 9.19. The van der Waals surface area contributed by atoms with Gasteiger partial charge < -0.3 is 4.42 Å². The van der Waals surface area contributed by atoms with E-state index < -0.39 is 9.84 Å². The average Bonchev–Trinajstić information content (AvgIpc) is 3.12. The summed E-state index contributed by atoms with van der Waals surface area (Å²) in [6.45, 7) is 1.60. The fourth-order valence-electron chi connectivity index (χ4n) is 3.30. The number of carbonyl (C=O) groups excluding carboxylic acids is 1. The Morgan fingerprint density at radius 1 is 0.833 bits per heavy atom. The van der Waals surface area contributed by atoms with E-state index in [1.54, 1.807) is 55.5 Å². The molecular formula is C24H17ClO4S. The molecule has 0 fully saturated rings. The van der Waals surface area contributed by atoms with Crippen molar-refractivity contribution in [3.63, 3.8) is 0 Å². The predicted molar refractivity (Wildman–Crippen MR) is 116 cm³/mol. The third kappa shape index (κ3) is 3.58. The van der Waals surface area contributed by atoms with Gasteiger partial charge >= 0.3 is 0 Å². The molecule has 4 aromatic rings. The number of aryl methyl sites for hydroxylation is 1. The summed E-state index contributed by atoms with van der Waals surface area (Å²) in [5.41, 5.74) is 1.53. The number of furan rings is 1. The van der Waals surface area contributed by atoms with Crippen LogP contribution in [0.2, 0.25) is 5.02 Å². The van der Waals surface area contributed by atoms with Crippen molar-refractivity contribution in [1.29, 1.82) is 0 Å². The maximum absolute atomic E-state index is 13.4. The number of sulfone groups is 1. The van der Waals surface area contributed by atoms with Crippen LogP contribution in [0.5, 0.6) is 0 Å². The Morgan fingerprint density at radius 3 is 2.00 bits per heavy atom. The number of benzene rings is 3. The van der Waals surface area contributed by atoms with E-state index in [0.717, 1.165) is 0 Å². The number of hydrogen-bond acceptors (Lipinski definition) is 4. The first-order chi connectivity index (χ1) is 14.4. The zero-order valence-corrected chi connectivity index (χ0v) is 17.6. The Kier molecular flexibility index (Phi) is 5.33. The van der Waals surface area contributed by atoms with E-state index in [1.807, 2.05) is 12.1 Å². The van der Waals surface area contributed by atoms with Crippen LogP contribution >= 0.6 is 11.6 Å². The van der Waals surface area contributed by atoms with E-state index in [2.05, 4.69) is 0 Å². The van der Waals surface area contributed by atoms with E-state index in [9.17, 15) is 13.2 Å². The van der Waals surface area contributed by atoms with E-state index in [-0.39, 0.29) is 32.7 Å². The molecule has 0 saturated heterocycles. The van der Waals surface area contributed by atoms with E-state index in [4.69, 9.17) is 16.0 Å². The van der Waals surface area contributed by atoms with Gasteiger partial charge in [0.1, 0.15) is 5.76 Å². The lowest BCUT2D eigenvalue weighted by molar-refractivity contribution is 0.103. The Bertz CT molecular complexity index is 1310. The summed E-state index contributed by atoms with van der Waals surface area (Å²) in [6.07, 6.45) is 0. The topological polar surface area (TPSA) is 64.3 Å². The predicted octanol–water partition coefficient (Wildman–Crippen LogP) is 5.97. The van der Waals surface area contributed by atoms with E-state index in [0.29, 0.717) is 16.1 Å². The third-order valence-corrected chi connectivity index (χ3v) is 6.67. The first-order valence-corrected chi connectivity index (χ1v) is 11.0. The highest BCUT2D eigenvalue weighted by molar-refractivity contribution is 7.91. The van der Waals surface area contributed by atoms with Gasteiger partial charge in [-0.1, -0.05) is 72.3 Å². The normalized spacial score (nSPS) is 11.4. The molecule has 0 unspecified atom stereocenters. The van der Waals surface area contributed by atoms with Gasteiger partial charge in [-0.3, -0.25) is 4.79 Å². The van der Waals surface area contributed by atoms with Gasteiger partial charge in [0.2, 0.25) is 14.9 Å². The third-order valence-electron chi connectivity index (χ3n) is 4.75. The smallest absolute Gasteiger partial charge is 0.240 e. The summed E-state index contributed by atoms with van der Waals surface area (Å²) in [5, 5.41) is 0.167. The Balaban J connectivity index is 1.99. The molecule has 0 saturated carbocycles. The molecule has 1 aromatic heterocycles. The second kappa shape index (κ2) is 7.94. The second-order valence-corrected chi connectivity index (χ2v) is 9.00. The summed E-state index contributed by atoms with van der Waals surface area (Å²) in [4.78, 5) is 13.3. The molecule has 0 aliphatic carbocycles. The van der Waals surface area contributed by atoms with Crippen molar-refractivity contribution >= 4 is 27.2 Å². The molecule has 4 nitrogen and oxygen atoms in total. The van der Waals surface area contributed by atoms with E-state index in [1.165, 1.54) is 24.3 Å². The number of hydrogen-bond donors (Lipinski definition) is 0. The van der Waals surface area contributed by atoms with Gasteiger partial charge in [-0.2, -0.15) is 0 Å². The van der Waals surface area contributed by atoms with Crippen molar-refractivity contribution in [3.05, 3.63) is 107 Å². The Hall–Kier alpha value is -3.15. The zero-order chi connectivity index (χ0) is 21.3. The Labute approximate surface area is 179 Å². The van der Waals surface area contributed by atoms with Crippen LogP contribution in [0.25, 0.3) is 11.1 Å². The minimum absolute atomic E-state index is 0.0385. The van der Waals surface area contributed by atoms with Crippen LogP contribution in [-0.2, 0) is 9.84 Å². The minimum atomic E-state index is -4.03. The quantitative estimate of drug-likeness (QED) is 0.361. The molecule has 0 atom stereocenters. The average molecular weight is 437 g/mol. The summed E-state index contributed by atoms with van der Waals surface area (Å²) in [7, 11) is -4.03. The highest BCUT2D eigenvalue weighted by atomic mass is 35.5. The molecule has 0 N–H and O–H groups in total. The number of halogens is 1. The monoisotopic (exact) mass is 436 g/mol. The molecule has 0 aliphatic rings. The van der Waals surface area contributed by atoms with Gasteiger partial charge in [0.25, 0.3) is 0 Å². The molecule has 0 aliphatic heterocycles. The van der Waals surface area contributed by atoms with Crippen LogP contribution in [0.1, 0.15) is 21.7 Å². The van der Waals surface area contributed by atoms with Crippen molar-refractivity contribution in [1.82, 2.24) is 0 Å². The highest BCUT2D eigenvalue weighted by Crippen LogP contribution is 2.39. The Morgan fingerprint density at radius 2 is 1.40 bits per heavy atom. The maximum Gasteiger partial charge on any atom is 0.240 e. The molecule has 4 rings (SSSR count). The summed E-state index contributed by atoms with van der Waals surface area (Å²) in [6, 6.07) is 23.5. The van der Waals surface area contributed by atoms with Crippen LogP contribution in [-0.4, -0.2) is 14.2 Å². The van der Waals surface area contributed by atoms with Gasteiger partial charge in [-0.05, 0) is 36.8 Å². The maximum atomic E-state index is 13.4. The van der Waals surface area contributed by atoms with Crippen LogP contribution in [0.3, 0.4) is 0 Å². The van der Waals surface area contributed by atoms with E-state index >= 15 is 0 Å². The lowest BCUT2D eigenvalue weighted by Gasteiger charge is -2.08. The lowest BCUT2D eigenvalue weighted by atomic mass is 9.96. The van der Waals surface area contributed by atoms with Gasteiger partial charge in [-0.25, -0.2) is 8.42 Å². The standard InChI is InChI=1S/C24H17ClO4S/c1-16-21(23(26)18-10-6-3-7-11-18)22(17-8-4-2-5-9-17)24(29-16)30(27,28)20-14-12-19(25)13-15-20/h2-15H,1H3. The number of rotatable bonds is 5. The van der Waals surface area contributed by atoms with Gasteiger partial charge in [-0.15, -0.1) is 0 Å². The van der Waals surface area contributed by atoms with Crippen molar-refractivity contribution in [2.24, 2.45) is 0 Å². The summed E-state index contributed by atoms with van der Waals surface area (Å²) < 4.78 is 32.6. The summed E-state index contributed by atoms with van der Waals surface area (Å²) in [5.74, 6) is -0.0523. The fourth-order valence-corrected chi connectivity index (χ4v) is 4.86. The van der Waals surface area contributed by atoms with Gasteiger partial charge in [0, 0.05) is 10.6 Å². The molecule has 0 spiro atoms. The number of ketones is 1. The van der Waals surface area contributed by atoms with Gasteiger partial charge in [0.05, 0.1) is 16.0 Å². The van der Waals surface area contributed by atoms with Crippen molar-refractivity contribution in [3.8, 4) is 11.1 Å². The van der Waals surface area contributed by atoms with Crippen LogP contribution < -0.4 is 0 Å². The first kappa shape index (κ1) is 20.1. The van der Waals surface area contributed by atoms with Crippen molar-refractivity contribution in [2.75, 3.05) is 0 Å². The molecular weight excluding hydrogens is 420 g/mol. The molecule has 0 bridgehead atoms.